The largest absolute Gasteiger partial charge is 0.482 e. The third-order valence-corrected chi connectivity index (χ3v) is 13.0. The molecule has 2 bridgehead atoms. The van der Waals surface area contributed by atoms with Crippen molar-refractivity contribution in [2.75, 3.05) is 5.32 Å². The number of nitrogens with one attached hydrogen (secondary N) is 2. The van der Waals surface area contributed by atoms with E-state index in [2.05, 4.69) is 55.1 Å². The summed E-state index contributed by atoms with van der Waals surface area (Å²) < 4.78 is 54.9. The summed E-state index contributed by atoms with van der Waals surface area (Å²) >= 11 is 6.90. The molecule has 0 spiro atoms. The topological polar surface area (TPSA) is 94.5 Å². The zero-order valence-electron chi connectivity index (χ0n) is 30.6. The standard InChI is InChI=1S/C40H47BClF3N4O4/c1-6-12-31(41-52-30-21-27-20-29(37(27,2)3)39(30,5)53-41)47-35(50)28-22-38(4,18-11-16-24-13-8-7-9-14-24)32-33(42)48-34(36(51)49(28)32)46-23-25-15-10-17-26(19-25)40(43,44)45/h6-10,13-15,17,19,27-31H,1,11-12,16,18,20-23H2,2-5H3,(H,46,48)(H,47,50)/t27-,28-,29-,30+,31-,38-,39-/m0/s1. The number of aryl methyl sites for hydroxylation is 1. The zero-order chi connectivity index (χ0) is 37.9. The monoisotopic (exact) mass is 750 g/mol. The molecule has 282 valence electrons. The summed E-state index contributed by atoms with van der Waals surface area (Å²) in [6, 6.07) is 14.0. The van der Waals surface area contributed by atoms with E-state index in [0.717, 1.165) is 37.8 Å². The lowest BCUT2D eigenvalue weighted by molar-refractivity contribution is -0.199. The van der Waals surface area contributed by atoms with Crippen LogP contribution in [0, 0.1) is 17.3 Å². The Balaban J connectivity index is 1.16. The maximum atomic E-state index is 14.5. The SMILES string of the molecule is C=CC[C@H](NC(=O)[C@@H]1C[C@](C)(CCCc2ccccc2)c2c(Cl)nc(NCc3cccc(C(F)(F)F)c3)c(=O)n21)B1O[C@@H]2C[C@@H]3C[C@@H](C3(C)C)[C@]2(C)O1. The Morgan fingerprint density at radius 1 is 1.13 bits per heavy atom. The molecule has 7 atom stereocenters. The highest BCUT2D eigenvalue weighted by Crippen LogP contribution is 2.65. The first-order valence-corrected chi connectivity index (χ1v) is 18.9. The van der Waals surface area contributed by atoms with Crippen LogP contribution in [0.1, 0.15) is 94.6 Å². The summed E-state index contributed by atoms with van der Waals surface area (Å²) in [5, 5.41) is 6.14. The van der Waals surface area contributed by atoms with Crippen molar-refractivity contribution in [3.8, 4) is 0 Å². The minimum Gasteiger partial charge on any atom is -0.404 e. The lowest BCUT2D eigenvalue weighted by atomic mass is 9.43. The zero-order valence-corrected chi connectivity index (χ0v) is 31.4. The molecule has 1 amide bonds. The predicted octanol–water partition coefficient (Wildman–Crippen LogP) is 8.08. The summed E-state index contributed by atoms with van der Waals surface area (Å²) in [4.78, 5) is 33.2. The van der Waals surface area contributed by atoms with Gasteiger partial charge in [0.2, 0.25) is 5.91 Å². The number of rotatable bonds is 12. The van der Waals surface area contributed by atoms with Crippen LogP contribution in [0.4, 0.5) is 19.0 Å². The molecular weight excluding hydrogens is 704 g/mol. The maximum absolute atomic E-state index is 14.5. The average Bonchev–Trinajstić information content (AvgIpc) is 3.64. The van der Waals surface area contributed by atoms with Crippen molar-refractivity contribution in [2.45, 2.75) is 114 Å². The molecule has 8 rings (SSSR count). The van der Waals surface area contributed by atoms with Gasteiger partial charge < -0.3 is 19.9 Å². The summed E-state index contributed by atoms with van der Waals surface area (Å²) in [7, 11) is -0.692. The molecule has 1 saturated heterocycles. The van der Waals surface area contributed by atoms with Gasteiger partial charge in [0.25, 0.3) is 5.56 Å². The van der Waals surface area contributed by atoms with Crippen LogP contribution in [0.25, 0.3) is 0 Å². The molecule has 4 fully saturated rings. The number of carbonyl (C=O) groups excluding carboxylic acids is 1. The lowest BCUT2D eigenvalue weighted by Gasteiger charge is -2.64. The minimum atomic E-state index is -4.51. The van der Waals surface area contributed by atoms with Gasteiger partial charge in [0, 0.05) is 12.0 Å². The molecule has 3 heterocycles. The van der Waals surface area contributed by atoms with E-state index in [9.17, 15) is 22.8 Å². The van der Waals surface area contributed by atoms with Crippen molar-refractivity contribution < 1.29 is 27.3 Å². The Morgan fingerprint density at radius 3 is 2.57 bits per heavy atom. The summed E-state index contributed by atoms with van der Waals surface area (Å²) in [6.07, 6.45) is 2.03. The molecule has 8 nitrogen and oxygen atoms in total. The second-order valence-corrected chi connectivity index (χ2v) is 16.8. The Hall–Kier alpha value is -3.61. The van der Waals surface area contributed by atoms with E-state index in [4.69, 9.17) is 20.9 Å². The van der Waals surface area contributed by atoms with Crippen LogP contribution in [-0.4, -0.2) is 40.2 Å². The fourth-order valence-electron chi connectivity index (χ4n) is 9.65. The van der Waals surface area contributed by atoms with Crippen LogP contribution in [0.3, 0.4) is 0 Å². The summed E-state index contributed by atoms with van der Waals surface area (Å²) in [5.74, 6) is -0.169. The second-order valence-electron chi connectivity index (χ2n) is 16.4. The van der Waals surface area contributed by atoms with Crippen molar-refractivity contribution in [3.05, 3.63) is 105 Å². The van der Waals surface area contributed by atoms with Crippen LogP contribution in [0.2, 0.25) is 5.15 Å². The molecule has 2 N–H and O–H groups in total. The quantitative estimate of drug-likeness (QED) is 0.144. The van der Waals surface area contributed by atoms with Gasteiger partial charge >= 0.3 is 13.3 Å². The number of nitrogens with zero attached hydrogens (tertiary/aromatic N) is 2. The fraction of sp³-hybridized carbons (Fsp3) is 0.525. The summed E-state index contributed by atoms with van der Waals surface area (Å²) in [6.45, 7) is 12.5. The van der Waals surface area contributed by atoms with Gasteiger partial charge in [-0.2, -0.15) is 13.2 Å². The van der Waals surface area contributed by atoms with Gasteiger partial charge in [0.15, 0.2) is 11.0 Å². The van der Waals surface area contributed by atoms with E-state index in [1.54, 1.807) is 6.08 Å². The number of benzene rings is 2. The van der Waals surface area contributed by atoms with Crippen LogP contribution in [-0.2, 0) is 38.7 Å². The smallest absolute Gasteiger partial charge is 0.404 e. The maximum Gasteiger partial charge on any atom is 0.482 e. The van der Waals surface area contributed by atoms with Crippen LogP contribution in [0.15, 0.2) is 72.0 Å². The molecule has 13 heteroatoms. The highest BCUT2D eigenvalue weighted by molar-refractivity contribution is 6.48. The number of aromatic nitrogens is 2. The van der Waals surface area contributed by atoms with Gasteiger partial charge in [-0.15, -0.1) is 6.58 Å². The highest BCUT2D eigenvalue weighted by Gasteiger charge is 2.68. The lowest BCUT2D eigenvalue weighted by Crippen LogP contribution is -2.65. The Labute approximate surface area is 314 Å². The van der Waals surface area contributed by atoms with Crippen molar-refractivity contribution in [3.63, 3.8) is 0 Å². The Bertz CT molecular complexity index is 1940. The van der Waals surface area contributed by atoms with Crippen molar-refractivity contribution in [1.29, 1.82) is 0 Å². The van der Waals surface area contributed by atoms with Gasteiger partial charge in [-0.25, -0.2) is 4.98 Å². The van der Waals surface area contributed by atoms with E-state index < -0.39 is 47.4 Å². The van der Waals surface area contributed by atoms with E-state index in [0.29, 0.717) is 42.4 Å². The highest BCUT2D eigenvalue weighted by atomic mass is 35.5. The van der Waals surface area contributed by atoms with Gasteiger partial charge in [-0.05, 0) is 92.4 Å². The van der Waals surface area contributed by atoms with E-state index in [1.807, 2.05) is 25.1 Å². The molecular formula is C40H47BClF3N4O4. The van der Waals surface area contributed by atoms with E-state index in [1.165, 1.54) is 22.3 Å². The molecule has 1 aromatic heterocycles. The Morgan fingerprint density at radius 2 is 1.87 bits per heavy atom. The molecule has 0 unspecified atom stereocenters. The van der Waals surface area contributed by atoms with Crippen molar-refractivity contribution in [2.24, 2.45) is 17.3 Å². The number of anilines is 1. The van der Waals surface area contributed by atoms with Crippen molar-refractivity contribution in [1.82, 2.24) is 14.9 Å². The Kier molecular flexibility index (Phi) is 9.90. The van der Waals surface area contributed by atoms with E-state index in [-0.39, 0.29) is 34.9 Å². The average molecular weight is 751 g/mol. The number of amides is 1. The molecule has 53 heavy (non-hydrogen) atoms. The van der Waals surface area contributed by atoms with Crippen LogP contribution >= 0.6 is 11.6 Å². The molecule has 0 radical (unpaired) electrons. The van der Waals surface area contributed by atoms with Gasteiger partial charge in [0.05, 0.1) is 28.9 Å². The van der Waals surface area contributed by atoms with Gasteiger partial charge in [0.1, 0.15) is 6.04 Å². The molecule has 2 aliphatic heterocycles. The first-order valence-electron chi connectivity index (χ1n) is 18.6. The van der Waals surface area contributed by atoms with Crippen LogP contribution < -0.4 is 16.2 Å². The minimum absolute atomic E-state index is 0.0670. The number of hydrogen-bond acceptors (Lipinski definition) is 6. The number of carbonyl (C=O) groups is 1. The molecule has 2 aromatic carbocycles. The third kappa shape index (κ3) is 6.84. The first-order chi connectivity index (χ1) is 25.0. The summed E-state index contributed by atoms with van der Waals surface area (Å²) in [5.41, 5.74) is -0.410. The second kappa shape index (κ2) is 13.9. The normalized spacial score (nSPS) is 28.8. The number of alkyl halides is 3. The van der Waals surface area contributed by atoms with Gasteiger partial charge in [-0.3, -0.25) is 14.2 Å². The molecule has 5 aliphatic rings. The number of halogens is 4. The first kappa shape index (κ1) is 37.7. The number of fused-ring (bicyclic) bond motifs is 1. The number of hydrogen-bond donors (Lipinski definition) is 2. The fourth-order valence-corrected chi connectivity index (χ4v) is 10.1. The van der Waals surface area contributed by atoms with Crippen molar-refractivity contribution >= 4 is 30.4 Å². The third-order valence-electron chi connectivity index (χ3n) is 12.7. The molecule has 3 saturated carbocycles. The van der Waals surface area contributed by atoms with E-state index >= 15 is 0 Å². The molecule has 3 aromatic rings. The predicted molar refractivity (Wildman–Crippen MR) is 200 cm³/mol. The van der Waals surface area contributed by atoms with Gasteiger partial charge in [-0.1, -0.05) is 80.9 Å². The molecule has 3 aliphatic carbocycles. The van der Waals surface area contributed by atoms with Crippen LogP contribution in [0.5, 0.6) is 0 Å².